The molecule has 3 fully saturated rings. The molecule has 2 aromatic carbocycles. The predicted molar refractivity (Wildman–Crippen MR) is 283 cm³/mol. The third kappa shape index (κ3) is 12.3. The summed E-state index contributed by atoms with van der Waals surface area (Å²) in [5.74, 6) is 1.95. The molecule has 0 atom stereocenters. The van der Waals surface area contributed by atoms with E-state index in [-0.39, 0.29) is 41.3 Å². The van der Waals surface area contributed by atoms with E-state index in [0.29, 0.717) is 28.4 Å². The number of piperidine rings is 2. The molecule has 3 saturated heterocycles. The lowest BCUT2D eigenvalue weighted by molar-refractivity contribution is 0.0563. The molecule has 5 N–H and O–H groups in total. The van der Waals surface area contributed by atoms with E-state index < -0.39 is 0 Å². The molecular formula is C55H68N10O3S2. The zero-order chi connectivity index (χ0) is 49.3. The highest BCUT2D eigenvalue weighted by molar-refractivity contribution is 7.13. The van der Waals surface area contributed by atoms with Crippen molar-refractivity contribution < 1.29 is 14.4 Å². The quantitative estimate of drug-likeness (QED) is 0.0700. The fourth-order valence-electron chi connectivity index (χ4n) is 10.0. The van der Waals surface area contributed by atoms with E-state index in [1.54, 1.807) is 47.5 Å². The number of thiophene rings is 2. The molecule has 3 aliphatic rings. The number of nitrogens with zero attached hydrogens (tertiary/aromatic N) is 7. The van der Waals surface area contributed by atoms with E-state index >= 15 is 0 Å². The van der Waals surface area contributed by atoms with Gasteiger partial charge in [-0.3, -0.25) is 9.59 Å². The smallest absolute Gasteiger partial charge is 0.320 e. The number of nitrogens with one attached hydrogen (secondary N) is 1. The summed E-state index contributed by atoms with van der Waals surface area (Å²) in [6.45, 7) is 13.8. The van der Waals surface area contributed by atoms with Gasteiger partial charge in [-0.05, 0) is 138 Å². The van der Waals surface area contributed by atoms with Gasteiger partial charge >= 0.3 is 6.03 Å². The second kappa shape index (κ2) is 22.9. The summed E-state index contributed by atoms with van der Waals surface area (Å²) in [6, 6.07) is 20.1. The molecule has 7 heterocycles. The Balaban J connectivity index is 0.000000196. The Morgan fingerprint density at radius 1 is 0.657 bits per heavy atom. The second-order valence-electron chi connectivity index (χ2n) is 19.8. The van der Waals surface area contributed by atoms with Crippen LogP contribution in [0.25, 0.3) is 20.9 Å². The Kier molecular flexibility index (Phi) is 16.5. The zero-order valence-electron chi connectivity index (χ0n) is 41.2. The van der Waals surface area contributed by atoms with Gasteiger partial charge in [-0.25, -0.2) is 24.7 Å². The molecule has 0 bridgehead atoms. The lowest BCUT2D eigenvalue weighted by Gasteiger charge is -2.46. The number of amides is 2. The van der Waals surface area contributed by atoms with E-state index in [9.17, 15) is 14.4 Å². The van der Waals surface area contributed by atoms with Gasteiger partial charge in [-0.1, -0.05) is 45.0 Å². The highest BCUT2D eigenvalue weighted by Gasteiger charge is 2.40. The number of piperazine rings is 1. The average Bonchev–Trinajstić information content (AvgIpc) is 4.13. The number of aromatic nitrogens is 4. The zero-order valence-corrected chi connectivity index (χ0v) is 42.8. The van der Waals surface area contributed by atoms with Crippen LogP contribution >= 0.6 is 22.7 Å². The molecule has 13 nitrogen and oxygen atoms in total. The standard InChI is InChI=1S/C31H40N6O2S.C24H28N4OS/c1-22(2)31(8-10-36(11-9-31)30(39)37-14-12-35(3)13-15-37)19-29-33-20-25(21-34-29)27(38)18-24-17-23(6-7-26(24)32)28-5-4-16-40-28;1-2-24(7-9-26-10-8-24)14-23-27-15-19(16-28-23)21(29)13-18-12-17(5-6-20(18)25)22-4-3-11-30-22/h4-7,16-17,20-22H,8-15,18-19,32H2,1-3H3;3-6,11-12,15-16,26H,2,7-10,13-14,25H2,1H3. The van der Waals surface area contributed by atoms with Crippen LogP contribution in [-0.2, 0) is 25.7 Å². The number of urea groups is 1. The molecule has 368 valence electrons. The van der Waals surface area contributed by atoms with Crippen LogP contribution in [0.15, 0.2) is 96.2 Å². The van der Waals surface area contributed by atoms with E-state index in [2.05, 4.69) is 70.1 Å². The molecule has 0 radical (unpaired) electrons. The molecule has 0 spiro atoms. The molecule has 3 aliphatic heterocycles. The van der Waals surface area contributed by atoms with Gasteiger partial charge in [0.1, 0.15) is 11.6 Å². The fourth-order valence-corrected chi connectivity index (χ4v) is 11.4. The van der Waals surface area contributed by atoms with Crippen molar-refractivity contribution in [3.05, 3.63) is 130 Å². The number of nitrogens with two attached hydrogens (primary N) is 2. The van der Waals surface area contributed by atoms with Gasteiger partial charge in [0.2, 0.25) is 0 Å². The first-order chi connectivity index (χ1) is 33.8. The number of likely N-dealkylation sites (tertiary alicyclic amines) is 1. The van der Waals surface area contributed by atoms with Crippen LogP contribution in [0.3, 0.4) is 0 Å². The van der Waals surface area contributed by atoms with Crippen LogP contribution in [0.4, 0.5) is 16.2 Å². The number of anilines is 2. The third-order valence-electron chi connectivity index (χ3n) is 15.1. The molecule has 4 aromatic heterocycles. The molecule has 6 aromatic rings. The number of nitrogen functional groups attached to an aromatic ring is 2. The lowest BCUT2D eigenvalue weighted by atomic mass is 9.67. The Morgan fingerprint density at radius 2 is 1.13 bits per heavy atom. The van der Waals surface area contributed by atoms with Crippen molar-refractivity contribution in [3.8, 4) is 20.9 Å². The Bertz CT molecular complexity index is 2670. The van der Waals surface area contributed by atoms with Gasteiger partial charge in [0.05, 0.1) is 11.1 Å². The summed E-state index contributed by atoms with van der Waals surface area (Å²) < 4.78 is 0. The third-order valence-corrected chi connectivity index (χ3v) is 17.0. The summed E-state index contributed by atoms with van der Waals surface area (Å²) in [4.78, 5) is 65.9. The first-order valence-corrected chi connectivity index (χ1v) is 26.5. The van der Waals surface area contributed by atoms with E-state index in [1.165, 1.54) is 4.88 Å². The number of Topliss-reactive ketones (excluding diaryl/α,β-unsaturated/α-hetero) is 2. The SMILES string of the molecule is CC(C)C1(Cc2ncc(C(=O)Cc3cc(-c4cccs4)ccc3N)cn2)CCN(C(=O)N2CCN(C)CC2)CC1.CCC1(Cc2ncc(C(=O)Cc3cc(-c4cccs4)ccc3N)cn2)CCNCC1. The topological polar surface area (TPSA) is 177 Å². The maximum absolute atomic E-state index is 13.1. The Labute approximate surface area is 421 Å². The van der Waals surface area contributed by atoms with Gasteiger partial charge in [0.25, 0.3) is 0 Å². The number of carbonyl (C=O) groups excluding carboxylic acids is 3. The Hall–Kier alpha value is -5.87. The van der Waals surface area contributed by atoms with Crippen molar-refractivity contribution in [1.82, 2.24) is 40.0 Å². The average molecular weight is 981 g/mol. The molecule has 70 heavy (non-hydrogen) atoms. The number of likely N-dealkylation sites (N-methyl/N-ethyl adjacent to an activating group) is 1. The van der Waals surface area contributed by atoms with Crippen LogP contribution in [0.5, 0.6) is 0 Å². The number of ketones is 2. The van der Waals surface area contributed by atoms with Gasteiger partial charge in [-0.2, -0.15) is 0 Å². The van der Waals surface area contributed by atoms with E-state index in [0.717, 1.165) is 136 Å². The minimum Gasteiger partial charge on any atom is -0.398 e. The molecule has 15 heteroatoms. The van der Waals surface area contributed by atoms with Crippen molar-refractivity contribution in [2.24, 2.45) is 16.7 Å². The van der Waals surface area contributed by atoms with Crippen molar-refractivity contribution in [1.29, 1.82) is 0 Å². The number of hydrogen-bond donors (Lipinski definition) is 3. The first kappa shape index (κ1) is 50.5. The van der Waals surface area contributed by atoms with Gasteiger partial charge in [0, 0.05) is 111 Å². The van der Waals surface area contributed by atoms with Crippen molar-refractivity contribution in [2.75, 3.05) is 70.9 Å². The second-order valence-corrected chi connectivity index (χ2v) is 21.7. The van der Waals surface area contributed by atoms with Gasteiger partial charge in [-0.15, -0.1) is 22.7 Å². The van der Waals surface area contributed by atoms with Gasteiger partial charge < -0.3 is 31.5 Å². The molecule has 0 aliphatic carbocycles. The van der Waals surface area contributed by atoms with Crippen LogP contribution < -0.4 is 16.8 Å². The van der Waals surface area contributed by atoms with Crippen LogP contribution in [-0.4, -0.2) is 112 Å². The van der Waals surface area contributed by atoms with Crippen molar-refractivity contribution in [2.45, 2.75) is 78.6 Å². The summed E-state index contributed by atoms with van der Waals surface area (Å²) in [6.07, 6.45) is 14.0. The van der Waals surface area contributed by atoms with Gasteiger partial charge in [0.15, 0.2) is 11.6 Å². The van der Waals surface area contributed by atoms with Crippen molar-refractivity contribution in [3.63, 3.8) is 0 Å². The van der Waals surface area contributed by atoms with E-state index in [1.807, 2.05) is 69.1 Å². The minimum atomic E-state index is -0.0455. The molecule has 9 rings (SSSR count). The molecular weight excluding hydrogens is 913 g/mol. The normalized spacial score (nSPS) is 16.9. The number of carbonyl (C=O) groups is 3. The molecule has 2 amide bonds. The highest BCUT2D eigenvalue weighted by Crippen LogP contribution is 2.42. The maximum Gasteiger partial charge on any atom is 0.320 e. The Morgan fingerprint density at radius 3 is 1.57 bits per heavy atom. The number of rotatable bonds is 14. The highest BCUT2D eigenvalue weighted by atomic mass is 32.1. The van der Waals surface area contributed by atoms with Crippen LogP contribution in [0, 0.1) is 16.7 Å². The van der Waals surface area contributed by atoms with Crippen LogP contribution in [0.1, 0.15) is 96.4 Å². The van der Waals surface area contributed by atoms with Crippen LogP contribution in [0.2, 0.25) is 0 Å². The summed E-state index contributed by atoms with van der Waals surface area (Å²) in [5, 5.41) is 7.51. The lowest BCUT2D eigenvalue weighted by Crippen LogP contribution is -2.55. The summed E-state index contributed by atoms with van der Waals surface area (Å²) >= 11 is 3.34. The fraction of sp³-hybridized carbons (Fsp3) is 0.436. The summed E-state index contributed by atoms with van der Waals surface area (Å²) in [5.41, 5.74) is 18.7. The molecule has 0 unspecified atom stereocenters. The largest absolute Gasteiger partial charge is 0.398 e. The number of hydrogen-bond acceptors (Lipinski definition) is 13. The van der Waals surface area contributed by atoms with Crippen molar-refractivity contribution >= 4 is 51.6 Å². The summed E-state index contributed by atoms with van der Waals surface area (Å²) in [7, 11) is 2.10. The molecule has 0 saturated carbocycles. The predicted octanol–water partition coefficient (Wildman–Crippen LogP) is 9.40. The minimum absolute atomic E-state index is 0.0105. The number of benzene rings is 2. The monoisotopic (exact) mass is 980 g/mol. The van der Waals surface area contributed by atoms with E-state index in [4.69, 9.17) is 11.5 Å². The first-order valence-electron chi connectivity index (χ1n) is 24.8. The maximum atomic E-state index is 13.1.